The van der Waals surface area contributed by atoms with Crippen LogP contribution in [0.3, 0.4) is 0 Å². The number of hydrogen-bond donors (Lipinski definition) is 5. The lowest BCUT2D eigenvalue weighted by Crippen LogP contribution is -2.17. The van der Waals surface area contributed by atoms with Gasteiger partial charge in [-0.1, -0.05) is 42.5 Å². The van der Waals surface area contributed by atoms with Gasteiger partial charge in [0.05, 0.1) is 0 Å². The topological polar surface area (TPSA) is 181 Å². The van der Waals surface area contributed by atoms with Gasteiger partial charge in [-0.3, -0.25) is 4.90 Å². The number of aromatic amines is 1. The first-order chi connectivity index (χ1) is 18.0. The highest BCUT2D eigenvalue weighted by Crippen LogP contribution is 2.17. The lowest BCUT2D eigenvalue weighted by Gasteiger charge is -2.15. The molecule has 0 saturated carbocycles. The summed E-state index contributed by atoms with van der Waals surface area (Å²) in [6.45, 7) is 1.63. The number of nitrogens with zero attached hydrogens (tertiary/aromatic N) is 2. The highest BCUT2D eigenvalue weighted by Gasteiger charge is 2.07. The van der Waals surface area contributed by atoms with Crippen molar-refractivity contribution in [3.63, 3.8) is 0 Å². The van der Waals surface area contributed by atoms with E-state index in [1.807, 2.05) is 30.5 Å². The molecular formula is C26H26FN3O8. The quantitative estimate of drug-likeness (QED) is 0.259. The number of H-pyrrole nitrogens is 1. The van der Waals surface area contributed by atoms with E-state index in [-0.39, 0.29) is 5.82 Å². The molecule has 1 aromatic heterocycles. The van der Waals surface area contributed by atoms with Gasteiger partial charge in [-0.2, -0.15) is 0 Å². The molecule has 12 heteroatoms. The van der Waals surface area contributed by atoms with E-state index in [4.69, 9.17) is 20.4 Å². The molecule has 1 heterocycles. The fourth-order valence-electron chi connectivity index (χ4n) is 2.75. The fourth-order valence-corrected chi connectivity index (χ4v) is 2.75. The third-order valence-corrected chi connectivity index (χ3v) is 4.20. The molecule has 5 N–H and O–H groups in total. The molecule has 0 aliphatic rings. The molecule has 0 saturated heterocycles. The van der Waals surface area contributed by atoms with Crippen LogP contribution < -0.4 is 0 Å². The summed E-state index contributed by atoms with van der Waals surface area (Å²) < 4.78 is 13.3. The molecule has 200 valence electrons. The van der Waals surface area contributed by atoms with Crippen LogP contribution >= 0.6 is 0 Å². The van der Waals surface area contributed by atoms with E-state index < -0.39 is 23.9 Å². The summed E-state index contributed by atoms with van der Waals surface area (Å²) in [6.07, 6.45) is 4.04. The largest absolute Gasteiger partial charge is 0.478 e. The van der Waals surface area contributed by atoms with Crippen LogP contribution in [-0.2, 0) is 32.3 Å². The SMILES string of the molecule is CN(Cc1ccccc1)Cc1cnc(-c2cccc(F)c2)[nH]1.O=C(O)/C=C/C(=O)O.O=C(O)/C=C/C(=O)O. The maximum absolute atomic E-state index is 13.3. The molecule has 0 unspecified atom stereocenters. The molecule has 0 fully saturated rings. The van der Waals surface area contributed by atoms with Crippen LogP contribution in [0.5, 0.6) is 0 Å². The van der Waals surface area contributed by atoms with Crippen LogP contribution in [0, 0.1) is 5.82 Å². The van der Waals surface area contributed by atoms with Crippen LogP contribution in [0.4, 0.5) is 4.39 Å². The van der Waals surface area contributed by atoms with Gasteiger partial charge in [-0.05, 0) is 24.7 Å². The summed E-state index contributed by atoms with van der Waals surface area (Å²) in [5.41, 5.74) is 3.05. The minimum Gasteiger partial charge on any atom is -0.478 e. The van der Waals surface area contributed by atoms with E-state index in [0.29, 0.717) is 30.1 Å². The van der Waals surface area contributed by atoms with Crippen molar-refractivity contribution in [3.05, 3.63) is 102 Å². The van der Waals surface area contributed by atoms with E-state index >= 15 is 0 Å². The van der Waals surface area contributed by atoms with Gasteiger partial charge in [0.25, 0.3) is 0 Å². The van der Waals surface area contributed by atoms with Gasteiger partial charge >= 0.3 is 23.9 Å². The van der Waals surface area contributed by atoms with E-state index in [1.54, 1.807) is 6.07 Å². The number of carbonyl (C=O) groups is 4. The lowest BCUT2D eigenvalue weighted by molar-refractivity contribution is -0.134. The number of benzene rings is 2. The van der Waals surface area contributed by atoms with Crippen LogP contribution in [0.15, 0.2) is 85.1 Å². The highest BCUT2D eigenvalue weighted by molar-refractivity contribution is 5.90. The first-order valence-corrected chi connectivity index (χ1v) is 10.8. The molecule has 3 aromatic rings. The summed E-state index contributed by atoms with van der Waals surface area (Å²) in [4.78, 5) is 48.0. The Morgan fingerprint density at radius 3 is 1.82 bits per heavy atom. The third kappa shape index (κ3) is 14.3. The van der Waals surface area contributed by atoms with Crippen molar-refractivity contribution in [2.75, 3.05) is 7.05 Å². The molecule has 3 rings (SSSR count). The number of nitrogens with one attached hydrogen (secondary N) is 1. The number of aromatic nitrogens is 2. The normalized spacial score (nSPS) is 10.4. The summed E-state index contributed by atoms with van der Waals surface area (Å²) in [6, 6.07) is 16.8. The molecule has 11 nitrogen and oxygen atoms in total. The molecule has 0 bridgehead atoms. The molecular weight excluding hydrogens is 501 g/mol. The Kier molecular flexibility index (Phi) is 13.5. The highest BCUT2D eigenvalue weighted by atomic mass is 19.1. The molecule has 38 heavy (non-hydrogen) atoms. The molecule has 0 radical (unpaired) electrons. The Balaban J connectivity index is 0.000000374. The van der Waals surface area contributed by atoms with Gasteiger partial charge in [0.1, 0.15) is 11.6 Å². The number of carboxylic acid groups (broad SMARTS) is 4. The number of imidazole rings is 1. The zero-order valence-corrected chi connectivity index (χ0v) is 20.2. The number of carboxylic acids is 4. The average Bonchev–Trinajstić information content (AvgIpc) is 3.31. The van der Waals surface area contributed by atoms with E-state index in [9.17, 15) is 23.6 Å². The minimum atomic E-state index is -1.26. The van der Waals surface area contributed by atoms with E-state index in [0.717, 1.165) is 24.3 Å². The number of aliphatic carboxylic acids is 4. The van der Waals surface area contributed by atoms with Crippen molar-refractivity contribution < 1.29 is 44.0 Å². The smallest absolute Gasteiger partial charge is 0.328 e. The summed E-state index contributed by atoms with van der Waals surface area (Å²) in [5, 5.41) is 31.2. The van der Waals surface area contributed by atoms with Crippen molar-refractivity contribution in [1.29, 1.82) is 0 Å². The Labute approximate surface area is 216 Å². The molecule has 0 atom stereocenters. The first kappa shape index (κ1) is 30.9. The van der Waals surface area contributed by atoms with Gasteiger partial charge in [-0.25, -0.2) is 28.6 Å². The number of hydrogen-bond acceptors (Lipinski definition) is 6. The predicted molar refractivity (Wildman–Crippen MR) is 134 cm³/mol. The number of rotatable bonds is 9. The van der Waals surface area contributed by atoms with Gasteiger partial charge in [-0.15, -0.1) is 0 Å². The zero-order valence-electron chi connectivity index (χ0n) is 20.2. The maximum Gasteiger partial charge on any atom is 0.328 e. The molecule has 2 aromatic carbocycles. The molecule has 0 amide bonds. The Morgan fingerprint density at radius 2 is 1.34 bits per heavy atom. The van der Waals surface area contributed by atoms with Crippen molar-refractivity contribution in [2.45, 2.75) is 13.1 Å². The lowest BCUT2D eigenvalue weighted by atomic mass is 10.2. The van der Waals surface area contributed by atoms with Crippen LogP contribution in [0.1, 0.15) is 11.3 Å². The molecule has 0 aliphatic carbocycles. The minimum absolute atomic E-state index is 0.253. The second kappa shape index (κ2) is 16.5. The first-order valence-electron chi connectivity index (χ1n) is 10.8. The van der Waals surface area contributed by atoms with Gasteiger partial charge < -0.3 is 25.4 Å². The van der Waals surface area contributed by atoms with E-state index in [1.165, 1.54) is 17.7 Å². The van der Waals surface area contributed by atoms with E-state index in [2.05, 4.69) is 34.0 Å². The Bertz CT molecular complexity index is 1210. The fraction of sp³-hybridized carbons (Fsp3) is 0.115. The Hall–Kier alpha value is -5.10. The summed E-state index contributed by atoms with van der Waals surface area (Å²) in [7, 11) is 2.07. The van der Waals surface area contributed by atoms with Gasteiger partial charge in [0.15, 0.2) is 0 Å². The van der Waals surface area contributed by atoms with Crippen molar-refractivity contribution in [1.82, 2.24) is 14.9 Å². The van der Waals surface area contributed by atoms with Gasteiger partial charge in [0.2, 0.25) is 0 Å². The molecule has 0 spiro atoms. The second-order valence-corrected chi connectivity index (χ2v) is 7.44. The Morgan fingerprint density at radius 1 is 0.816 bits per heavy atom. The van der Waals surface area contributed by atoms with Crippen LogP contribution in [0.2, 0.25) is 0 Å². The predicted octanol–water partition coefficient (Wildman–Crippen LogP) is 3.27. The van der Waals surface area contributed by atoms with Crippen molar-refractivity contribution >= 4 is 23.9 Å². The number of halogens is 1. The van der Waals surface area contributed by atoms with Crippen LogP contribution in [-0.4, -0.2) is 66.2 Å². The zero-order chi connectivity index (χ0) is 28.5. The summed E-state index contributed by atoms with van der Waals surface area (Å²) >= 11 is 0. The average molecular weight is 528 g/mol. The van der Waals surface area contributed by atoms with Gasteiger partial charge in [0, 0.05) is 54.8 Å². The monoisotopic (exact) mass is 527 g/mol. The second-order valence-electron chi connectivity index (χ2n) is 7.44. The maximum atomic E-state index is 13.3. The third-order valence-electron chi connectivity index (χ3n) is 4.20. The van der Waals surface area contributed by atoms with Crippen LogP contribution in [0.25, 0.3) is 11.4 Å². The standard InChI is InChI=1S/C18H18FN3.2C4H4O4/c1-22(12-14-6-3-2-4-7-14)13-17-11-20-18(21-17)15-8-5-9-16(19)10-15;2*5-3(6)1-2-4(7)8/h2-11H,12-13H2,1H3,(H,20,21);2*1-2H,(H,5,6)(H,7,8)/b;2*2-1+. The molecule has 0 aliphatic heterocycles. The van der Waals surface area contributed by atoms with Crippen molar-refractivity contribution in [2.24, 2.45) is 0 Å². The van der Waals surface area contributed by atoms with Crippen molar-refractivity contribution in [3.8, 4) is 11.4 Å². The summed E-state index contributed by atoms with van der Waals surface area (Å²) in [5.74, 6) is -4.58.